The predicted molar refractivity (Wildman–Crippen MR) is 71.3 cm³/mol. The van der Waals surface area contributed by atoms with Crippen molar-refractivity contribution < 1.29 is 14.2 Å². The third kappa shape index (κ3) is 2.42. The van der Waals surface area contributed by atoms with Crippen molar-refractivity contribution in [3.05, 3.63) is 23.8 Å². The molecule has 18 heavy (non-hydrogen) atoms. The molecule has 0 aliphatic carbocycles. The van der Waals surface area contributed by atoms with Crippen LogP contribution in [0.1, 0.15) is 5.56 Å². The summed E-state index contributed by atoms with van der Waals surface area (Å²) in [6.07, 6.45) is 0.770. The van der Waals surface area contributed by atoms with Crippen molar-refractivity contribution in [2.24, 2.45) is 0 Å². The zero-order valence-electron chi connectivity index (χ0n) is 10.1. The average molecular weight is 265 g/mol. The molecule has 1 aromatic rings. The fraction of sp³-hybridized carbons (Fsp3) is 0.462. The third-order valence-corrected chi connectivity index (χ3v) is 3.56. The second kappa shape index (κ2) is 5.12. The molecule has 0 amide bonds. The number of rotatable bonds is 2. The molecule has 96 valence electrons. The molecule has 0 bridgehead atoms. The Morgan fingerprint density at radius 3 is 2.78 bits per heavy atom. The Labute approximate surface area is 111 Å². The van der Waals surface area contributed by atoms with Crippen LogP contribution < -0.4 is 9.47 Å². The maximum absolute atomic E-state index is 5.48. The van der Waals surface area contributed by atoms with Crippen LogP contribution in [0.3, 0.4) is 0 Å². The number of ether oxygens (including phenoxy) is 3. The second-order valence-corrected chi connectivity index (χ2v) is 4.83. The van der Waals surface area contributed by atoms with Gasteiger partial charge in [0.1, 0.15) is 0 Å². The van der Waals surface area contributed by atoms with Crippen molar-refractivity contribution in [2.75, 3.05) is 33.1 Å². The fourth-order valence-electron chi connectivity index (χ4n) is 2.15. The van der Waals surface area contributed by atoms with Crippen molar-refractivity contribution in [3.8, 4) is 11.5 Å². The van der Waals surface area contributed by atoms with E-state index in [0.717, 1.165) is 54.8 Å². The smallest absolute Gasteiger partial charge is 0.231 e. The summed E-state index contributed by atoms with van der Waals surface area (Å²) in [6.45, 7) is 3.63. The zero-order valence-corrected chi connectivity index (χ0v) is 10.9. The average Bonchev–Trinajstić information content (AvgIpc) is 2.87. The fourth-order valence-corrected chi connectivity index (χ4v) is 2.50. The lowest BCUT2D eigenvalue weighted by atomic mass is 10.1. The molecule has 0 N–H and O–H groups in total. The molecule has 0 atom stereocenters. The molecule has 0 radical (unpaired) electrons. The third-order valence-electron chi connectivity index (χ3n) is 3.16. The highest BCUT2D eigenvalue weighted by molar-refractivity contribution is 7.80. The van der Waals surface area contributed by atoms with E-state index in [-0.39, 0.29) is 0 Å². The molecule has 0 saturated carbocycles. The van der Waals surface area contributed by atoms with Crippen LogP contribution in [0.4, 0.5) is 0 Å². The first kappa shape index (κ1) is 11.7. The van der Waals surface area contributed by atoms with Gasteiger partial charge in [0.25, 0.3) is 0 Å². The molecule has 1 saturated heterocycles. The largest absolute Gasteiger partial charge is 0.454 e. The van der Waals surface area contributed by atoms with Crippen molar-refractivity contribution in [3.63, 3.8) is 0 Å². The Bertz CT molecular complexity index is 458. The summed E-state index contributed by atoms with van der Waals surface area (Å²) in [6, 6.07) is 5.99. The molecule has 0 unspecified atom stereocenters. The van der Waals surface area contributed by atoms with Crippen molar-refractivity contribution >= 4 is 17.2 Å². The van der Waals surface area contributed by atoms with Crippen LogP contribution >= 0.6 is 12.2 Å². The summed E-state index contributed by atoms with van der Waals surface area (Å²) in [5.74, 6) is 1.63. The second-order valence-electron chi connectivity index (χ2n) is 4.36. The molecule has 0 aromatic heterocycles. The van der Waals surface area contributed by atoms with Gasteiger partial charge in [-0.2, -0.15) is 0 Å². The maximum atomic E-state index is 5.48. The molecular weight excluding hydrogens is 250 g/mol. The minimum Gasteiger partial charge on any atom is -0.454 e. The van der Waals surface area contributed by atoms with E-state index in [1.54, 1.807) is 0 Å². The molecule has 2 heterocycles. The predicted octanol–water partition coefficient (Wildman–Crippen LogP) is 1.62. The summed E-state index contributed by atoms with van der Waals surface area (Å²) in [4.78, 5) is 3.18. The Morgan fingerprint density at radius 2 is 1.94 bits per heavy atom. The van der Waals surface area contributed by atoms with Gasteiger partial charge in [-0.3, -0.25) is 0 Å². The van der Waals surface area contributed by atoms with E-state index in [9.17, 15) is 0 Å². The molecular formula is C13H15NO3S. The van der Waals surface area contributed by atoms with E-state index in [1.807, 2.05) is 18.2 Å². The van der Waals surface area contributed by atoms with Gasteiger partial charge in [0.15, 0.2) is 11.5 Å². The molecule has 2 aliphatic rings. The first-order valence-corrected chi connectivity index (χ1v) is 6.48. The SMILES string of the molecule is S=C(Cc1ccc2c(c1)OCO2)N1CCOCC1. The molecule has 5 heteroatoms. The lowest BCUT2D eigenvalue weighted by Gasteiger charge is -2.29. The van der Waals surface area contributed by atoms with Gasteiger partial charge in [-0.1, -0.05) is 18.3 Å². The van der Waals surface area contributed by atoms with E-state index >= 15 is 0 Å². The topological polar surface area (TPSA) is 30.9 Å². The van der Waals surface area contributed by atoms with Crippen LogP contribution in [-0.4, -0.2) is 43.0 Å². The lowest BCUT2D eigenvalue weighted by Crippen LogP contribution is -2.40. The molecule has 0 spiro atoms. The Balaban J connectivity index is 1.66. The van der Waals surface area contributed by atoms with E-state index in [0.29, 0.717) is 6.79 Å². The van der Waals surface area contributed by atoms with Gasteiger partial charge in [0, 0.05) is 19.5 Å². The van der Waals surface area contributed by atoms with Gasteiger partial charge in [0.2, 0.25) is 6.79 Å². The normalized spacial score (nSPS) is 17.9. The zero-order chi connectivity index (χ0) is 12.4. The summed E-state index contributed by atoms with van der Waals surface area (Å²) < 4.78 is 16.0. The molecule has 1 fully saturated rings. The Kier molecular flexibility index (Phi) is 3.34. The first-order chi connectivity index (χ1) is 8.83. The number of nitrogens with zero attached hydrogens (tertiary/aromatic N) is 1. The minimum atomic E-state index is 0.312. The standard InChI is InChI=1S/C13H15NO3S/c18-13(14-3-5-15-6-4-14)8-10-1-2-11-12(7-10)17-9-16-11/h1-2,7H,3-6,8-9H2. The highest BCUT2D eigenvalue weighted by atomic mass is 32.1. The van der Waals surface area contributed by atoms with Crippen LogP contribution in [-0.2, 0) is 11.2 Å². The van der Waals surface area contributed by atoms with Gasteiger partial charge in [-0.25, -0.2) is 0 Å². The molecule has 3 rings (SSSR count). The molecule has 1 aromatic carbocycles. The van der Waals surface area contributed by atoms with Crippen LogP contribution in [0, 0.1) is 0 Å². The molecule has 4 nitrogen and oxygen atoms in total. The summed E-state index contributed by atoms with van der Waals surface area (Å²) in [5.41, 5.74) is 1.16. The number of hydrogen-bond acceptors (Lipinski definition) is 4. The number of thiocarbonyl (C=S) groups is 1. The number of hydrogen-bond donors (Lipinski definition) is 0. The van der Waals surface area contributed by atoms with Crippen LogP contribution in [0.2, 0.25) is 0 Å². The van der Waals surface area contributed by atoms with E-state index < -0.39 is 0 Å². The summed E-state index contributed by atoms with van der Waals surface area (Å²) >= 11 is 5.48. The van der Waals surface area contributed by atoms with Crippen LogP contribution in [0.5, 0.6) is 11.5 Å². The van der Waals surface area contributed by atoms with E-state index in [2.05, 4.69) is 4.90 Å². The van der Waals surface area contributed by atoms with Gasteiger partial charge in [-0.05, 0) is 17.7 Å². The Morgan fingerprint density at radius 1 is 1.17 bits per heavy atom. The van der Waals surface area contributed by atoms with Crippen LogP contribution in [0.15, 0.2) is 18.2 Å². The summed E-state index contributed by atoms with van der Waals surface area (Å²) in [5, 5.41) is 0. The minimum absolute atomic E-state index is 0.312. The van der Waals surface area contributed by atoms with Crippen LogP contribution in [0.25, 0.3) is 0 Å². The maximum Gasteiger partial charge on any atom is 0.231 e. The highest BCUT2D eigenvalue weighted by Crippen LogP contribution is 2.32. The molecule has 2 aliphatic heterocycles. The monoisotopic (exact) mass is 265 g/mol. The highest BCUT2D eigenvalue weighted by Gasteiger charge is 2.16. The Hall–Kier alpha value is -1.33. The number of benzene rings is 1. The van der Waals surface area contributed by atoms with Crippen molar-refractivity contribution in [2.45, 2.75) is 6.42 Å². The lowest BCUT2D eigenvalue weighted by molar-refractivity contribution is 0.0684. The van der Waals surface area contributed by atoms with Gasteiger partial charge < -0.3 is 19.1 Å². The number of morpholine rings is 1. The van der Waals surface area contributed by atoms with Crippen molar-refractivity contribution in [1.82, 2.24) is 4.90 Å². The van der Waals surface area contributed by atoms with Gasteiger partial charge >= 0.3 is 0 Å². The van der Waals surface area contributed by atoms with Gasteiger partial charge in [-0.15, -0.1) is 0 Å². The van der Waals surface area contributed by atoms with Gasteiger partial charge in [0.05, 0.1) is 18.2 Å². The first-order valence-electron chi connectivity index (χ1n) is 6.07. The van der Waals surface area contributed by atoms with E-state index in [1.165, 1.54) is 0 Å². The number of fused-ring (bicyclic) bond motifs is 1. The quantitative estimate of drug-likeness (QED) is 0.758. The summed E-state index contributed by atoms with van der Waals surface area (Å²) in [7, 11) is 0. The van der Waals surface area contributed by atoms with E-state index in [4.69, 9.17) is 26.4 Å². The van der Waals surface area contributed by atoms with Crippen molar-refractivity contribution in [1.29, 1.82) is 0 Å².